The molecule has 0 heterocycles. The maximum atomic E-state index is 12.2. The SMILES string of the molecule is C#CC(CCC)NS(=O)(=O)c1cc(Br)ccc1Br. The monoisotopic (exact) mass is 393 g/mol. The molecule has 0 aliphatic carbocycles. The number of hydrogen-bond donors (Lipinski definition) is 1. The fourth-order valence-electron chi connectivity index (χ4n) is 1.40. The molecule has 1 rings (SSSR count). The van der Waals surface area contributed by atoms with Gasteiger partial charge in [0.25, 0.3) is 0 Å². The first-order chi connectivity index (χ1) is 8.40. The molecule has 3 nitrogen and oxygen atoms in total. The van der Waals surface area contributed by atoms with E-state index in [0.717, 1.165) is 6.42 Å². The molecule has 1 N–H and O–H groups in total. The minimum Gasteiger partial charge on any atom is -0.207 e. The molecule has 1 aromatic carbocycles. The molecule has 98 valence electrons. The molecule has 0 aliphatic heterocycles. The lowest BCUT2D eigenvalue weighted by atomic mass is 10.2. The van der Waals surface area contributed by atoms with E-state index in [1.807, 2.05) is 6.92 Å². The van der Waals surface area contributed by atoms with Gasteiger partial charge in [0.05, 0.1) is 10.9 Å². The maximum absolute atomic E-state index is 12.2. The van der Waals surface area contributed by atoms with Crippen LogP contribution in [0, 0.1) is 12.3 Å². The predicted molar refractivity (Wildman–Crippen MR) is 79.7 cm³/mol. The molecule has 0 bridgehead atoms. The summed E-state index contributed by atoms with van der Waals surface area (Å²) in [7, 11) is -3.62. The van der Waals surface area contributed by atoms with E-state index >= 15 is 0 Å². The summed E-state index contributed by atoms with van der Waals surface area (Å²) in [6, 6.07) is 4.48. The van der Waals surface area contributed by atoms with Crippen LogP contribution >= 0.6 is 31.9 Å². The summed E-state index contributed by atoms with van der Waals surface area (Å²) in [5.74, 6) is 2.45. The fraction of sp³-hybridized carbons (Fsp3) is 0.333. The minimum absolute atomic E-state index is 0.174. The molecule has 1 atom stereocenters. The van der Waals surface area contributed by atoms with Crippen LogP contribution in [0.15, 0.2) is 32.0 Å². The number of rotatable bonds is 5. The van der Waals surface area contributed by atoms with Crippen molar-refractivity contribution in [3.63, 3.8) is 0 Å². The number of benzene rings is 1. The lowest BCUT2D eigenvalue weighted by Gasteiger charge is -2.13. The van der Waals surface area contributed by atoms with Gasteiger partial charge in [-0.05, 0) is 40.5 Å². The molecule has 18 heavy (non-hydrogen) atoms. The zero-order chi connectivity index (χ0) is 13.8. The first kappa shape index (κ1) is 15.7. The molecule has 1 unspecified atom stereocenters. The standard InChI is InChI=1S/C12H13Br2NO2S/c1-3-5-10(4-2)15-18(16,17)12-8-9(13)6-7-11(12)14/h2,6-8,10,15H,3,5H2,1H3. The van der Waals surface area contributed by atoms with Crippen molar-refractivity contribution in [3.05, 3.63) is 27.1 Å². The van der Waals surface area contributed by atoms with Crippen LogP contribution in [0.4, 0.5) is 0 Å². The third-order valence-electron chi connectivity index (χ3n) is 2.26. The highest BCUT2D eigenvalue weighted by Crippen LogP contribution is 2.25. The minimum atomic E-state index is -3.62. The van der Waals surface area contributed by atoms with Gasteiger partial charge in [-0.3, -0.25) is 0 Å². The number of terminal acetylenes is 1. The molecule has 0 aromatic heterocycles. The summed E-state index contributed by atoms with van der Waals surface area (Å²) >= 11 is 6.47. The molecule has 0 fully saturated rings. The summed E-state index contributed by atoms with van der Waals surface area (Å²) in [6.45, 7) is 1.95. The Hall–Kier alpha value is -0.350. The molecule has 0 radical (unpaired) electrons. The van der Waals surface area contributed by atoms with Crippen LogP contribution in [0.25, 0.3) is 0 Å². The Balaban J connectivity index is 3.07. The zero-order valence-corrected chi connectivity index (χ0v) is 13.8. The van der Waals surface area contributed by atoms with Gasteiger partial charge < -0.3 is 0 Å². The van der Waals surface area contributed by atoms with Crippen molar-refractivity contribution < 1.29 is 8.42 Å². The Kier molecular flexibility index (Phi) is 5.86. The topological polar surface area (TPSA) is 46.2 Å². The average molecular weight is 395 g/mol. The van der Waals surface area contributed by atoms with E-state index in [9.17, 15) is 8.42 Å². The van der Waals surface area contributed by atoms with Gasteiger partial charge in [0.2, 0.25) is 10.0 Å². The maximum Gasteiger partial charge on any atom is 0.242 e. The van der Waals surface area contributed by atoms with Gasteiger partial charge >= 0.3 is 0 Å². The van der Waals surface area contributed by atoms with E-state index in [2.05, 4.69) is 42.5 Å². The van der Waals surface area contributed by atoms with E-state index in [4.69, 9.17) is 6.42 Å². The molecular weight excluding hydrogens is 382 g/mol. The molecule has 0 spiro atoms. The quantitative estimate of drug-likeness (QED) is 0.778. The van der Waals surface area contributed by atoms with Crippen LogP contribution in [0.5, 0.6) is 0 Å². The second-order valence-corrected chi connectivity index (χ2v) is 7.16. The largest absolute Gasteiger partial charge is 0.242 e. The van der Waals surface area contributed by atoms with E-state index in [1.165, 1.54) is 6.07 Å². The molecule has 6 heteroatoms. The summed E-state index contributed by atoms with van der Waals surface area (Å²) in [5.41, 5.74) is 0. The van der Waals surface area contributed by atoms with Crippen molar-refractivity contribution >= 4 is 41.9 Å². The van der Waals surface area contributed by atoms with Crippen LogP contribution in [0.1, 0.15) is 19.8 Å². The van der Waals surface area contributed by atoms with E-state index < -0.39 is 16.1 Å². The van der Waals surface area contributed by atoms with Crippen LogP contribution in [-0.2, 0) is 10.0 Å². The van der Waals surface area contributed by atoms with Gasteiger partial charge in [-0.25, -0.2) is 8.42 Å². The van der Waals surface area contributed by atoms with Crippen LogP contribution in [0.2, 0.25) is 0 Å². The van der Waals surface area contributed by atoms with Crippen molar-refractivity contribution in [1.82, 2.24) is 4.72 Å². The number of nitrogens with one attached hydrogen (secondary N) is 1. The van der Waals surface area contributed by atoms with Crippen LogP contribution < -0.4 is 4.72 Å². The molecule has 0 saturated carbocycles. The van der Waals surface area contributed by atoms with Gasteiger partial charge in [0.1, 0.15) is 0 Å². The summed E-state index contributed by atoms with van der Waals surface area (Å²) < 4.78 is 28.1. The Morgan fingerprint density at radius 3 is 2.67 bits per heavy atom. The lowest BCUT2D eigenvalue weighted by molar-refractivity contribution is 0.564. The van der Waals surface area contributed by atoms with E-state index in [-0.39, 0.29) is 4.90 Å². The molecule has 0 aliphatic rings. The normalized spacial score (nSPS) is 13.0. The second-order valence-electron chi connectivity index (χ2n) is 3.70. The smallest absolute Gasteiger partial charge is 0.207 e. The highest BCUT2D eigenvalue weighted by molar-refractivity contribution is 9.11. The lowest BCUT2D eigenvalue weighted by Crippen LogP contribution is -2.33. The van der Waals surface area contributed by atoms with Crippen molar-refractivity contribution in [2.24, 2.45) is 0 Å². The van der Waals surface area contributed by atoms with Gasteiger partial charge in [0.15, 0.2) is 0 Å². The molecule has 1 aromatic rings. The third kappa shape index (κ3) is 4.09. The Labute approximate surface area is 125 Å². The van der Waals surface area contributed by atoms with Crippen molar-refractivity contribution in [2.75, 3.05) is 0 Å². The Morgan fingerprint density at radius 1 is 1.44 bits per heavy atom. The van der Waals surface area contributed by atoms with E-state index in [0.29, 0.717) is 15.4 Å². The highest BCUT2D eigenvalue weighted by atomic mass is 79.9. The molecular formula is C12H13Br2NO2S. The third-order valence-corrected chi connectivity index (χ3v) is 5.22. The highest BCUT2D eigenvalue weighted by Gasteiger charge is 2.21. The molecule has 0 amide bonds. The Bertz CT molecular complexity index is 564. The summed E-state index contributed by atoms with van der Waals surface area (Å²) in [4.78, 5) is 0.174. The van der Waals surface area contributed by atoms with Crippen molar-refractivity contribution in [2.45, 2.75) is 30.7 Å². The predicted octanol–water partition coefficient (Wildman–Crippen LogP) is 3.29. The van der Waals surface area contributed by atoms with E-state index in [1.54, 1.807) is 12.1 Å². The number of sulfonamides is 1. The van der Waals surface area contributed by atoms with Crippen molar-refractivity contribution in [1.29, 1.82) is 0 Å². The Morgan fingerprint density at radius 2 is 2.11 bits per heavy atom. The van der Waals surface area contributed by atoms with Gasteiger partial charge in [-0.1, -0.05) is 35.2 Å². The molecule has 0 saturated heterocycles. The number of halogens is 2. The van der Waals surface area contributed by atoms with Crippen LogP contribution in [0.3, 0.4) is 0 Å². The number of hydrogen-bond acceptors (Lipinski definition) is 2. The first-order valence-corrected chi connectivity index (χ1v) is 8.41. The van der Waals surface area contributed by atoms with Gasteiger partial charge in [-0.2, -0.15) is 4.72 Å². The fourth-order valence-corrected chi connectivity index (χ4v) is 4.09. The summed E-state index contributed by atoms with van der Waals surface area (Å²) in [5, 5.41) is 0. The summed E-state index contributed by atoms with van der Waals surface area (Å²) in [6.07, 6.45) is 6.74. The van der Waals surface area contributed by atoms with Crippen LogP contribution in [-0.4, -0.2) is 14.5 Å². The average Bonchev–Trinajstić information content (AvgIpc) is 2.31. The first-order valence-electron chi connectivity index (χ1n) is 5.34. The second kappa shape index (κ2) is 6.71. The van der Waals surface area contributed by atoms with Gasteiger partial charge in [-0.15, -0.1) is 6.42 Å². The zero-order valence-electron chi connectivity index (χ0n) is 9.78. The van der Waals surface area contributed by atoms with Crippen molar-refractivity contribution in [3.8, 4) is 12.3 Å². The van der Waals surface area contributed by atoms with Gasteiger partial charge in [0, 0.05) is 8.95 Å².